The SMILES string of the molecule is O=C(NCC1CCN(Cc2ccccc2)CC1)c1ccc(F)c(F)c1. The average Bonchev–Trinajstić information content (AvgIpc) is 2.64. The molecule has 3 rings (SSSR count). The normalized spacial score (nSPS) is 15.9. The van der Waals surface area contributed by atoms with Gasteiger partial charge in [-0.05, 0) is 55.6 Å². The molecule has 0 aromatic heterocycles. The Morgan fingerprint density at radius 1 is 1.04 bits per heavy atom. The monoisotopic (exact) mass is 344 g/mol. The standard InChI is InChI=1S/C20H22F2N2O/c21-18-7-6-17(12-19(18)22)20(25)23-13-15-8-10-24(11-9-15)14-16-4-2-1-3-5-16/h1-7,12,15H,8-11,13-14H2,(H,23,25). The molecule has 0 unspecified atom stereocenters. The van der Waals surface area contributed by atoms with Crippen LogP contribution in [-0.4, -0.2) is 30.4 Å². The van der Waals surface area contributed by atoms with Crippen molar-refractivity contribution in [1.29, 1.82) is 0 Å². The van der Waals surface area contributed by atoms with Crippen molar-refractivity contribution in [2.75, 3.05) is 19.6 Å². The molecule has 1 aliphatic heterocycles. The minimum atomic E-state index is -0.998. The molecule has 1 N–H and O–H groups in total. The Labute approximate surface area is 146 Å². The van der Waals surface area contributed by atoms with Gasteiger partial charge in [-0.1, -0.05) is 30.3 Å². The molecule has 3 nitrogen and oxygen atoms in total. The Balaban J connectivity index is 1.43. The fourth-order valence-corrected chi connectivity index (χ4v) is 3.17. The maximum atomic E-state index is 13.2. The van der Waals surface area contributed by atoms with E-state index in [4.69, 9.17) is 0 Å². The summed E-state index contributed by atoms with van der Waals surface area (Å²) < 4.78 is 26.1. The van der Waals surface area contributed by atoms with Crippen molar-refractivity contribution in [2.45, 2.75) is 19.4 Å². The van der Waals surface area contributed by atoms with Gasteiger partial charge in [-0.25, -0.2) is 8.78 Å². The number of carbonyl (C=O) groups excluding carboxylic acids is 1. The number of hydrogen-bond acceptors (Lipinski definition) is 2. The van der Waals surface area contributed by atoms with Gasteiger partial charge in [0, 0.05) is 18.7 Å². The van der Waals surface area contributed by atoms with Gasteiger partial charge in [-0.3, -0.25) is 9.69 Å². The lowest BCUT2D eigenvalue weighted by atomic mass is 9.96. The number of nitrogens with zero attached hydrogens (tertiary/aromatic N) is 1. The Kier molecular flexibility index (Phi) is 5.76. The quantitative estimate of drug-likeness (QED) is 0.899. The van der Waals surface area contributed by atoms with Gasteiger partial charge in [0.25, 0.3) is 5.91 Å². The highest BCUT2D eigenvalue weighted by Gasteiger charge is 2.20. The molecule has 1 amide bonds. The number of rotatable bonds is 5. The van der Waals surface area contributed by atoms with Crippen molar-refractivity contribution in [3.8, 4) is 0 Å². The first-order chi connectivity index (χ1) is 12.1. The number of carbonyl (C=O) groups is 1. The van der Waals surface area contributed by atoms with Crippen LogP contribution in [0.15, 0.2) is 48.5 Å². The fourth-order valence-electron chi connectivity index (χ4n) is 3.17. The number of piperidine rings is 1. The lowest BCUT2D eigenvalue weighted by molar-refractivity contribution is 0.0934. The van der Waals surface area contributed by atoms with Crippen LogP contribution in [0.5, 0.6) is 0 Å². The van der Waals surface area contributed by atoms with Gasteiger partial charge in [-0.15, -0.1) is 0 Å². The second-order valence-corrected chi connectivity index (χ2v) is 6.54. The van der Waals surface area contributed by atoms with Crippen molar-refractivity contribution < 1.29 is 13.6 Å². The van der Waals surface area contributed by atoms with E-state index in [-0.39, 0.29) is 11.5 Å². The number of nitrogens with one attached hydrogen (secondary N) is 1. The minimum Gasteiger partial charge on any atom is -0.352 e. The molecule has 1 aliphatic rings. The van der Waals surface area contributed by atoms with Crippen LogP contribution in [0.3, 0.4) is 0 Å². The van der Waals surface area contributed by atoms with Crippen LogP contribution in [0.25, 0.3) is 0 Å². The van der Waals surface area contributed by atoms with E-state index in [1.54, 1.807) is 0 Å². The molecule has 1 fully saturated rings. The molecule has 2 aromatic carbocycles. The van der Waals surface area contributed by atoms with Crippen LogP contribution in [0.1, 0.15) is 28.8 Å². The lowest BCUT2D eigenvalue weighted by Gasteiger charge is -2.32. The van der Waals surface area contributed by atoms with Crippen LogP contribution in [-0.2, 0) is 6.54 Å². The van der Waals surface area contributed by atoms with Crippen molar-refractivity contribution in [3.05, 3.63) is 71.3 Å². The third-order valence-electron chi connectivity index (χ3n) is 4.69. The van der Waals surface area contributed by atoms with Crippen molar-refractivity contribution in [3.63, 3.8) is 0 Å². The molecule has 25 heavy (non-hydrogen) atoms. The summed E-state index contributed by atoms with van der Waals surface area (Å²) in [5, 5.41) is 2.83. The Bertz CT molecular complexity index is 713. The van der Waals surface area contributed by atoms with Crippen LogP contribution in [0.2, 0.25) is 0 Å². The van der Waals surface area contributed by atoms with E-state index >= 15 is 0 Å². The second-order valence-electron chi connectivity index (χ2n) is 6.54. The zero-order chi connectivity index (χ0) is 17.6. The van der Waals surface area contributed by atoms with Gasteiger partial charge >= 0.3 is 0 Å². The van der Waals surface area contributed by atoms with Gasteiger partial charge in [-0.2, -0.15) is 0 Å². The van der Waals surface area contributed by atoms with Crippen LogP contribution in [0, 0.1) is 17.6 Å². The highest BCUT2D eigenvalue weighted by atomic mass is 19.2. The molecule has 0 bridgehead atoms. The van der Waals surface area contributed by atoms with E-state index in [1.165, 1.54) is 11.6 Å². The van der Waals surface area contributed by atoms with Crippen molar-refractivity contribution >= 4 is 5.91 Å². The molecule has 0 spiro atoms. The fraction of sp³-hybridized carbons (Fsp3) is 0.350. The molecular formula is C20H22F2N2O. The van der Waals surface area contributed by atoms with Gasteiger partial charge < -0.3 is 5.32 Å². The number of halogens is 2. The molecule has 1 saturated heterocycles. The van der Waals surface area contributed by atoms with Crippen LogP contribution < -0.4 is 5.32 Å². The van der Waals surface area contributed by atoms with Crippen LogP contribution in [0.4, 0.5) is 8.78 Å². The lowest BCUT2D eigenvalue weighted by Crippen LogP contribution is -2.38. The zero-order valence-corrected chi connectivity index (χ0v) is 14.1. The number of benzene rings is 2. The molecule has 0 aliphatic carbocycles. The maximum Gasteiger partial charge on any atom is 0.251 e. The second kappa shape index (κ2) is 8.21. The number of hydrogen-bond donors (Lipinski definition) is 1. The number of likely N-dealkylation sites (tertiary alicyclic amines) is 1. The van der Waals surface area contributed by atoms with Gasteiger partial charge in [0.1, 0.15) is 0 Å². The maximum absolute atomic E-state index is 13.2. The Morgan fingerprint density at radius 3 is 2.44 bits per heavy atom. The van der Waals surface area contributed by atoms with E-state index in [0.29, 0.717) is 12.5 Å². The summed E-state index contributed by atoms with van der Waals surface area (Å²) in [5.41, 5.74) is 1.47. The van der Waals surface area contributed by atoms with E-state index in [2.05, 4.69) is 34.5 Å². The Hall–Kier alpha value is -2.27. The zero-order valence-electron chi connectivity index (χ0n) is 14.1. The summed E-state index contributed by atoms with van der Waals surface area (Å²) in [6.45, 7) is 3.52. The third-order valence-corrected chi connectivity index (χ3v) is 4.69. The van der Waals surface area contributed by atoms with Gasteiger partial charge in [0.05, 0.1) is 0 Å². The van der Waals surface area contributed by atoms with Gasteiger partial charge in [0.15, 0.2) is 11.6 Å². The molecule has 2 aromatic rings. The molecule has 132 valence electrons. The average molecular weight is 344 g/mol. The van der Waals surface area contributed by atoms with Crippen molar-refractivity contribution in [1.82, 2.24) is 10.2 Å². The predicted octanol–water partition coefficient (Wildman–Crippen LogP) is 3.61. The molecule has 0 atom stereocenters. The summed E-state index contributed by atoms with van der Waals surface area (Å²) in [6.07, 6.45) is 2.04. The first-order valence-electron chi connectivity index (χ1n) is 8.61. The summed E-state index contributed by atoms with van der Waals surface area (Å²) >= 11 is 0. The first kappa shape index (κ1) is 17.5. The summed E-state index contributed by atoms with van der Waals surface area (Å²) in [5.74, 6) is -1.88. The summed E-state index contributed by atoms with van der Waals surface area (Å²) in [7, 11) is 0. The van der Waals surface area contributed by atoms with E-state index < -0.39 is 11.6 Å². The third kappa shape index (κ3) is 4.86. The largest absolute Gasteiger partial charge is 0.352 e. The highest BCUT2D eigenvalue weighted by molar-refractivity contribution is 5.94. The molecule has 0 saturated carbocycles. The smallest absolute Gasteiger partial charge is 0.251 e. The van der Waals surface area contributed by atoms with Gasteiger partial charge in [0.2, 0.25) is 0 Å². The highest BCUT2D eigenvalue weighted by Crippen LogP contribution is 2.18. The molecular weight excluding hydrogens is 322 g/mol. The summed E-state index contributed by atoms with van der Waals surface area (Å²) in [6, 6.07) is 13.6. The molecule has 5 heteroatoms. The molecule has 0 radical (unpaired) electrons. The van der Waals surface area contributed by atoms with E-state index in [9.17, 15) is 13.6 Å². The number of amides is 1. The van der Waals surface area contributed by atoms with E-state index in [0.717, 1.165) is 44.6 Å². The van der Waals surface area contributed by atoms with Crippen LogP contribution >= 0.6 is 0 Å². The topological polar surface area (TPSA) is 32.3 Å². The summed E-state index contributed by atoms with van der Waals surface area (Å²) in [4.78, 5) is 14.5. The molecule has 1 heterocycles. The predicted molar refractivity (Wildman–Crippen MR) is 93.1 cm³/mol. The Morgan fingerprint density at radius 2 is 1.76 bits per heavy atom. The minimum absolute atomic E-state index is 0.153. The van der Waals surface area contributed by atoms with E-state index in [1.807, 2.05) is 6.07 Å². The van der Waals surface area contributed by atoms with Crippen molar-refractivity contribution in [2.24, 2.45) is 5.92 Å². The first-order valence-corrected chi connectivity index (χ1v) is 8.61.